The maximum atomic E-state index is 13.1. The molecule has 3 rings (SSSR count). The first-order valence-electron chi connectivity index (χ1n) is 13.1. The predicted molar refractivity (Wildman–Crippen MR) is 144 cm³/mol. The van der Waals surface area contributed by atoms with Crippen molar-refractivity contribution in [2.24, 2.45) is 0 Å². The molecule has 0 aliphatic carbocycles. The van der Waals surface area contributed by atoms with Crippen molar-refractivity contribution < 1.29 is 33.3 Å². The van der Waals surface area contributed by atoms with E-state index in [-0.39, 0.29) is 18.6 Å². The van der Waals surface area contributed by atoms with Gasteiger partial charge in [-0.2, -0.15) is 0 Å². The summed E-state index contributed by atoms with van der Waals surface area (Å²) in [6.07, 6.45) is 1.67. The second-order valence-corrected chi connectivity index (χ2v) is 9.67. The average Bonchev–Trinajstić information content (AvgIpc) is 2.90. The van der Waals surface area contributed by atoms with Crippen LogP contribution in [0.15, 0.2) is 36.4 Å². The lowest BCUT2D eigenvalue weighted by Gasteiger charge is -2.32. The Kier molecular flexibility index (Phi) is 10.2. The second-order valence-electron chi connectivity index (χ2n) is 9.67. The number of hydrogen-bond acceptors (Lipinski definition) is 8. The fourth-order valence-corrected chi connectivity index (χ4v) is 4.37. The van der Waals surface area contributed by atoms with Gasteiger partial charge < -0.3 is 29.0 Å². The number of nitrogens with zero attached hydrogens (tertiary/aromatic N) is 1. The maximum absolute atomic E-state index is 13.1. The number of benzene rings is 2. The van der Waals surface area contributed by atoms with Gasteiger partial charge in [0.15, 0.2) is 17.1 Å². The molecule has 0 atom stereocenters. The third-order valence-electron chi connectivity index (χ3n) is 6.37. The summed E-state index contributed by atoms with van der Waals surface area (Å²) in [4.78, 5) is 27.7. The van der Waals surface area contributed by atoms with Crippen LogP contribution in [0.25, 0.3) is 0 Å². The van der Waals surface area contributed by atoms with Gasteiger partial charge in [-0.3, -0.25) is 9.69 Å². The molecular weight excluding hydrogens is 488 g/mol. The molecule has 9 heteroatoms. The van der Waals surface area contributed by atoms with Crippen LogP contribution < -0.4 is 24.3 Å². The summed E-state index contributed by atoms with van der Waals surface area (Å²) in [6.45, 7) is 10.3. The van der Waals surface area contributed by atoms with Crippen molar-refractivity contribution in [3.05, 3.63) is 47.5 Å². The summed E-state index contributed by atoms with van der Waals surface area (Å²) in [5, 5.41) is 3.14. The van der Waals surface area contributed by atoms with Crippen LogP contribution in [-0.2, 0) is 16.1 Å². The molecule has 1 fully saturated rings. The smallest absolute Gasteiger partial charge is 0.349 e. The number of hydrogen-bond donors (Lipinski definition) is 1. The Hall–Kier alpha value is -3.46. The van der Waals surface area contributed by atoms with Crippen LogP contribution in [0.1, 0.15) is 56.5 Å². The predicted octanol–water partition coefficient (Wildman–Crippen LogP) is 4.22. The molecule has 0 saturated carbocycles. The zero-order chi connectivity index (χ0) is 27.7. The molecule has 1 heterocycles. The largest absolute Gasteiger partial charge is 0.497 e. The Balaban J connectivity index is 1.59. The molecule has 1 aliphatic heterocycles. The minimum Gasteiger partial charge on any atom is -0.497 e. The van der Waals surface area contributed by atoms with Crippen molar-refractivity contribution in [1.29, 1.82) is 0 Å². The van der Waals surface area contributed by atoms with E-state index < -0.39 is 11.6 Å². The maximum Gasteiger partial charge on any atom is 0.349 e. The number of carbonyl (C=O) groups is 2. The highest BCUT2D eigenvalue weighted by atomic mass is 16.6. The van der Waals surface area contributed by atoms with Crippen molar-refractivity contribution >= 4 is 11.9 Å². The van der Waals surface area contributed by atoms with Gasteiger partial charge in [0.25, 0.3) is 5.91 Å². The van der Waals surface area contributed by atoms with Gasteiger partial charge in [0.1, 0.15) is 11.5 Å². The molecule has 208 valence electrons. The van der Waals surface area contributed by atoms with Crippen LogP contribution in [-0.4, -0.2) is 68.9 Å². The molecule has 38 heavy (non-hydrogen) atoms. The lowest BCUT2D eigenvalue weighted by molar-refractivity contribution is -0.158. The summed E-state index contributed by atoms with van der Waals surface area (Å²) in [6, 6.07) is 11.0. The van der Waals surface area contributed by atoms with E-state index in [0.717, 1.165) is 49.5 Å². The Labute approximate surface area is 225 Å². The number of nitrogens with one attached hydrogen (secondary N) is 1. The molecule has 0 spiro atoms. The van der Waals surface area contributed by atoms with E-state index in [9.17, 15) is 9.59 Å². The normalized spacial score (nSPS) is 14.5. The van der Waals surface area contributed by atoms with Crippen LogP contribution in [0.3, 0.4) is 0 Å². The first kappa shape index (κ1) is 29.1. The van der Waals surface area contributed by atoms with Gasteiger partial charge in [0.05, 0.1) is 27.4 Å². The van der Waals surface area contributed by atoms with Gasteiger partial charge in [0, 0.05) is 37.3 Å². The number of piperidine rings is 1. The molecule has 0 aromatic heterocycles. The van der Waals surface area contributed by atoms with E-state index in [1.807, 2.05) is 19.1 Å². The van der Waals surface area contributed by atoms with E-state index in [1.165, 1.54) is 7.11 Å². The highest BCUT2D eigenvalue weighted by Crippen LogP contribution is 2.29. The molecule has 0 unspecified atom stereocenters. The van der Waals surface area contributed by atoms with Crippen molar-refractivity contribution in [2.75, 3.05) is 40.5 Å². The minimum atomic E-state index is -1.21. The van der Waals surface area contributed by atoms with Gasteiger partial charge in [0.2, 0.25) is 0 Å². The number of likely N-dealkylation sites (tertiary alicyclic amines) is 1. The molecule has 0 bridgehead atoms. The quantitative estimate of drug-likeness (QED) is 0.409. The molecule has 2 aromatic carbocycles. The standard InChI is InChI=1S/C29H40N2O7/c1-7-36-26-15-20(9-10-25(26)35-6)19-31-13-11-22(12-14-31)30-27(32)21-16-23(34-5)18-24(17-21)38-29(3,4)28(33)37-8-2/h9-10,15-18,22H,7-8,11-14,19H2,1-6H3,(H,30,32). The lowest BCUT2D eigenvalue weighted by Crippen LogP contribution is -2.44. The first-order valence-corrected chi connectivity index (χ1v) is 13.1. The SMILES string of the molecule is CCOC(=O)C(C)(C)Oc1cc(OC)cc(C(=O)NC2CCN(Cc3ccc(OC)c(OCC)c3)CC2)c1. The number of methoxy groups -OCH3 is 2. The Morgan fingerprint density at radius 1 is 0.947 bits per heavy atom. The summed E-state index contributed by atoms with van der Waals surface area (Å²) in [7, 11) is 3.16. The van der Waals surface area contributed by atoms with E-state index in [4.69, 9.17) is 23.7 Å². The summed E-state index contributed by atoms with van der Waals surface area (Å²) in [5.41, 5.74) is 0.352. The second kappa shape index (κ2) is 13.4. The molecule has 0 radical (unpaired) electrons. The highest BCUT2D eigenvalue weighted by Gasteiger charge is 2.32. The Bertz CT molecular complexity index is 1090. The Morgan fingerprint density at radius 3 is 2.29 bits per heavy atom. The zero-order valence-electron chi connectivity index (χ0n) is 23.3. The van der Waals surface area contributed by atoms with Gasteiger partial charge in [-0.15, -0.1) is 0 Å². The van der Waals surface area contributed by atoms with Crippen molar-refractivity contribution in [1.82, 2.24) is 10.2 Å². The third kappa shape index (κ3) is 7.77. The van der Waals surface area contributed by atoms with E-state index in [0.29, 0.717) is 23.7 Å². The first-order chi connectivity index (χ1) is 18.2. The molecule has 1 saturated heterocycles. The minimum absolute atomic E-state index is 0.0557. The van der Waals surface area contributed by atoms with Crippen molar-refractivity contribution in [3.8, 4) is 23.0 Å². The number of amides is 1. The van der Waals surface area contributed by atoms with Gasteiger partial charge >= 0.3 is 5.97 Å². The van der Waals surface area contributed by atoms with Crippen LogP contribution in [0, 0.1) is 0 Å². The fraction of sp³-hybridized carbons (Fsp3) is 0.517. The third-order valence-corrected chi connectivity index (χ3v) is 6.37. The number of carbonyl (C=O) groups excluding carboxylic acids is 2. The summed E-state index contributed by atoms with van der Waals surface area (Å²) in [5.74, 6) is 1.61. The van der Waals surface area contributed by atoms with Crippen LogP contribution in [0.5, 0.6) is 23.0 Å². The zero-order valence-corrected chi connectivity index (χ0v) is 23.3. The molecule has 2 aromatic rings. The summed E-state index contributed by atoms with van der Waals surface area (Å²) < 4.78 is 27.4. The van der Waals surface area contributed by atoms with Gasteiger partial charge in [-0.1, -0.05) is 6.07 Å². The number of esters is 1. The monoisotopic (exact) mass is 528 g/mol. The van der Waals surface area contributed by atoms with E-state index >= 15 is 0 Å². The highest BCUT2D eigenvalue weighted by molar-refractivity contribution is 5.95. The topological polar surface area (TPSA) is 95.6 Å². The van der Waals surface area contributed by atoms with E-state index in [2.05, 4.69) is 16.3 Å². The van der Waals surface area contributed by atoms with Gasteiger partial charge in [-0.25, -0.2) is 4.79 Å². The number of rotatable bonds is 12. The van der Waals surface area contributed by atoms with Crippen LogP contribution in [0.4, 0.5) is 0 Å². The van der Waals surface area contributed by atoms with Crippen LogP contribution >= 0.6 is 0 Å². The Morgan fingerprint density at radius 2 is 1.66 bits per heavy atom. The van der Waals surface area contributed by atoms with Crippen molar-refractivity contribution in [3.63, 3.8) is 0 Å². The molecule has 1 amide bonds. The average molecular weight is 529 g/mol. The number of ether oxygens (including phenoxy) is 5. The fourth-order valence-electron chi connectivity index (χ4n) is 4.37. The molecule has 1 aliphatic rings. The lowest BCUT2D eigenvalue weighted by atomic mass is 10.0. The molecular formula is C29H40N2O7. The van der Waals surface area contributed by atoms with E-state index in [1.54, 1.807) is 46.1 Å². The van der Waals surface area contributed by atoms with Crippen molar-refractivity contribution in [2.45, 2.75) is 58.7 Å². The van der Waals surface area contributed by atoms with Gasteiger partial charge in [-0.05, 0) is 70.4 Å². The molecule has 9 nitrogen and oxygen atoms in total. The van der Waals surface area contributed by atoms with Crippen LogP contribution in [0.2, 0.25) is 0 Å². The molecule has 1 N–H and O–H groups in total. The summed E-state index contributed by atoms with van der Waals surface area (Å²) >= 11 is 0.